The second-order valence-electron chi connectivity index (χ2n) is 5.75. The molecule has 0 aliphatic carbocycles. The maximum Gasteiger partial charge on any atom is 0.115 e. The lowest BCUT2D eigenvalue weighted by molar-refractivity contribution is 0.942. The van der Waals surface area contributed by atoms with Gasteiger partial charge in [-0.15, -0.1) is 6.58 Å². The quantitative estimate of drug-likeness (QED) is 0.423. The summed E-state index contributed by atoms with van der Waals surface area (Å²) >= 11 is 0. The summed E-state index contributed by atoms with van der Waals surface area (Å²) in [5, 5.41) is 3.08. The predicted molar refractivity (Wildman–Crippen MR) is 92.7 cm³/mol. The zero-order chi connectivity index (χ0) is 14.4. The monoisotopic (exact) mass is 280 g/mol. The van der Waals surface area contributed by atoms with Crippen LogP contribution in [0, 0.1) is 6.92 Å². The second-order valence-corrected chi connectivity index (χ2v) is 10.1. The molecule has 0 aliphatic heterocycles. The number of aryl methyl sites for hydroxylation is 1. The molecule has 0 saturated heterocycles. The van der Waals surface area contributed by atoms with Crippen molar-refractivity contribution in [2.75, 3.05) is 0 Å². The molecule has 1 atom stereocenters. The van der Waals surface area contributed by atoms with Crippen LogP contribution in [0.3, 0.4) is 0 Å². The number of hydrogen-bond donors (Lipinski definition) is 0. The first-order chi connectivity index (χ1) is 9.66. The summed E-state index contributed by atoms with van der Waals surface area (Å²) in [6, 6.07) is 21.5. The zero-order valence-electron chi connectivity index (χ0n) is 12.6. The van der Waals surface area contributed by atoms with Crippen molar-refractivity contribution in [1.82, 2.24) is 0 Å². The number of benzene rings is 2. The minimum absolute atomic E-state index is 1.11. The average Bonchev–Trinajstić information content (AvgIpc) is 2.49. The van der Waals surface area contributed by atoms with Crippen molar-refractivity contribution in [3.8, 4) is 0 Å². The highest BCUT2D eigenvalue weighted by molar-refractivity contribution is 7.01. The first kappa shape index (κ1) is 14.8. The molecule has 2 rings (SSSR count). The maximum absolute atomic E-state index is 3.85. The Morgan fingerprint density at radius 1 is 0.950 bits per heavy atom. The molecule has 104 valence electrons. The maximum atomic E-state index is 3.85. The third-order valence-corrected chi connectivity index (χ3v) is 8.75. The van der Waals surface area contributed by atoms with Crippen LogP contribution in [0.4, 0.5) is 0 Å². The van der Waals surface area contributed by atoms with Crippen molar-refractivity contribution in [3.05, 3.63) is 72.8 Å². The van der Waals surface area contributed by atoms with Crippen molar-refractivity contribution in [2.24, 2.45) is 0 Å². The Kier molecular flexibility index (Phi) is 4.97. The number of hydrogen-bond acceptors (Lipinski definition) is 0. The fourth-order valence-electron chi connectivity index (χ4n) is 2.78. The number of allylic oxidation sites excluding steroid dienone is 1. The van der Waals surface area contributed by atoms with Gasteiger partial charge in [0.2, 0.25) is 0 Å². The summed E-state index contributed by atoms with van der Waals surface area (Å²) in [6.07, 6.45) is 4.38. The SMILES string of the molecule is C=CCCC[Si](C)(c1ccccc1)c1ccc(C)cc1. The normalized spacial score (nSPS) is 13.7. The van der Waals surface area contributed by atoms with Crippen molar-refractivity contribution in [3.63, 3.8) is 0 Å². The van der Waals surface area contributed by atoms with Gasteiger partial charge in [-0.1, -0.05) is 89.6 Å². The first-order valence-corrected chi connectivity index (χ1v) is 10.1. The van der Waals surface area contributed by atoms with Crippen LogP contribution < -0.4 is 10.4 Å². The third kappa shape index (κ3) is 3.29. The summed E-state index contributed by atoms with van der Waals surface area (Å²) < 4.78 is 0. The van der Waals surface area contributed by atoms with E-state index in [1.54, 1.807) is 5.19 Å². The molecule has 0 bridgehead atoms. The topological polar surface area (TPSA) is 0 Å². The molecule has 1 heteroatoms. The van der Waals surface area contributed by atoms with E-state index in [-0.39, 0.29) is 0 Å². The number of unbranched alkanes of at least 4 members (excludes halogenated alkanes) is 1. The third-order valence-electron chi connectivity index (χ3n) is 4.18. The highest BCUT2D eigenvalue weighted by Gasteiger charge is 2.30. The van der Waals surface area contributed by atoms with Gasteiger partial charge in [-0.2, -0.15) is 0 Å². The fraction of sp³-hybridized carbons (Fsp3) is 0.263. The minimum Gasteiger partial charge on any atom is -0.103 e. The molecule has 0 saturated carbocycles. The van der Waals surface area contributed by atoms with Gasteiger partial charge in [-0.05, 0) is 19.4 Å². The summed E-state index contributed by atoms with van der Waals surface area (Å²) in [5.74, 6) is 0. The van der Waals surface area contributed by atoms with Crippen molar-refractivity contribution < 1.29 is 0 Å². The van der Waals surface area contributed by atoms with Crippen LogP contribution in [0.25, 0.3) is 0 Å². The molecule has 0 N–H and O–H groups in total. The highest BCUT2D eigenvalue weighted by Crippen LogP contribution is 2.15. The van der Waals surface area contributed by atoms with Crippen LogP contribution in [-0.4, -0.2) is 8.07 Å². The van der Waals surface area contributed by atoms with Gasteiger partial charge in [0.1, 0.15) is 8.07 Å². The molecule has 1 unspecified atom stereocenters. The Bertz CT molecular complexity index is 542. The van der Waals surface area contributed by atoms with E-state index in [0.29, 0.717) is 0 Å². The van der Waals surface area contributed by atoms with Gasteiger partial charge in [-0.3, -0.25) is 0 Å². The van der Waals surface area contributed by atoms with Gasteiger partial charge >= 0.3 is 0 Å². The Balaban J connectivity index is 2.37. The lowest BCUT2D eigenvalue weighted by Crippen LogP contribution is -2.55. The van der Waals surface area contributed by atoms with E-state index in [0.717, 1.165) is 6.42 Å². The van der Waals surface area contributed by atoms with Crippen LogP contribution in [-0.2, 0) is 0 Å². The van der Waals surface area contributed by atoms with Gasteiger partial charge in [0.05, 0.1) is 0 Å². The van der Waals surface area contributed by atoms with Crippen LogP contribution in [0.1, 0.15) is 18.4 Å². The molecule has 20 heavy (non-hydrogen) atoms. The van der Waals surface area contributed by atoms with Crippen LogP contribution >= 0.6 is 0 Å². The standard InChI is InChI=1S/C19H24Si/c1-4-5-9-16-20(3,18-10-7-6-8-11-18)19-14-12-17(2)13-15-19/h4,6-8,10-15H,1,5,9,16H2,2-3H3. The predicted octanol–water partition coefficient (Wildman–Crippen LogP) is 4.15. The van der Waals surface area contributed by atoms with Gasteiger partial charge in [0, 0.05) is 0 Å². The summed E-state index contributed by atoms with van der Waals surface area (Å²) in [6.45, 7) is 8.50. The molecule has 0 fully saturated rings. The average molecular weight is 280 g/mol. The lowest BCUT2D eigenvalue weighted by atomic mass is 10.2. The van der Waals surface area contributed by atoms with E-state index in [1.165, 1.54) is 23.2 Å². The van der Waals surface area contributed by atoms with Crippen LogP contribution in [0.5, 0.6) is 0 Å². The van der Waals surface area contributed by atoms with E-state index in [9.17, 15) is 0 Å². The zero-order valence-corrected chi connectivity index (χ0v) is 13.6. The van der Waals surface area contributed by atoms with E-state index >= 15 is 0 Å². The van der Waals surface area contributed by atoms with Gasteiger partial charge in [0.25, 0.3) is 0 Å². The molecule has 2 aromatic rings. The molecule has 2 aromatic carbocycles. The molecule has 0 heterocycles. The van der Waals surface area contributed by atoms with Crippen molar-refractivity contribution >= 4 is 18.4 Å². The van der Waals surface area contributed by atoms with Gasteiger partial charge in [0.15, 0.2) is 0 Å². The molecule has 0 spiro atoms. The number of rotatable bonds is 6. The fourth-order valence-corrected chi connectivity index (χ4v) is 6.44. The van der Waals surface area contributed by atoms with Gasteiger partial charge in [-0.25, -0.2) is 0 Å². The molecule has 0 aliphatic rings. The van der Waals surface area contributed by atoms with Crippen LogP contribution in [0.15, 0.2) is 67.3 Å². The largest absolute Gasteiger partial charge is 0.115 e. The molecular formula is C19H24Si. The molecule has 0 amide bonds. The van der Waals surface area contributed by atoms with Crippen molar-refractivity contribution in [1.29, 1.82) is 0 Å². The van der Waals surface area contributed by atoms with E-state index in [1.807, 2.05) is 6.08 Å². The lowest BCUT2D eigenvalue weighted by Gasteiger charge is -2.29. The summed E-state index contributed by atoms with van der Waals surface area (Å²) in [4.78, 5) is 0. The molecule has 0 aromatic heterocycles. The molecule has 0 radical (unpaired) electrons. The Morgan fingerprint density at radius 2 is 1.55 bits per heavy atom. The molecular weight excluding hydrogens is 256 g/mol. The highest BCUT2D eigenvalue weighted by atomic mass is 28.3. The summed E-state index contributed by atoms with van der Waals surface area (Å²) in [7, 11) is -1.61. The van der Waals surface area contributed by atoms with E-state index in [4.69, 9.17) is 0 Å². The Morgan fingerprint density at radius 3 is 2.15 bits per heavy atom. The van der Waals surface area contributed by atoms with E-state index in [2.05, 4.69) is 74.6 Å². The summed E-state index contributed by atoms with van der Waals surface area (Å²) in [5.41, 5.74) is 1.34. The van der Waals surface area contributed by atoms with Gasteiger partial charge < -0.3 is 0 Å². The Hall–Kier alpha value is -1.60. The van der Waals surface area contributed by atoms with Crippen molar-refractivity contribution in [2.45, 2.75) is 32.4 Å². The first-order valence-electron chi connectivity index (χ1n) is 7.40. The molecule has 0 nitrogen and oxygen atoms in total. The smallest absolute Gasteiger partial charge is 0.103 e. The Labute approximate surface area is 124 Å². The van der Waals surface area contributed by atoms with Crippen LogP contribution in [0.2, 0.25) is 12.6 Å². The second kappa shape index (κ2) is 6.71. The van der Waals surface area contributed by atoms with E-state index < -0.39 is 8.07 Å². The minimum atomic E-state index is -1.61.